The number of carbonyl (C=O) groups excluding carboxylic acids is 3. The summed E-state index contributed by atoms with van der Waals surface area (Å²) < 4.78 is 15.6. The Morgan fingerprint density at radius 2 is 1.72 bits per heavy atom. The number of alkyl halides is 1. The van der Waals surface area contributed by atoms with E-state index in [2.05, 4.69) is 10.6 Å². The molecule has 0 aliphatic carbocycles. The second-order valence-corrected chi connectivity index (χ2v) is 7.85. The molecule has 0 bridgehead atoms. The Hall–Kier alpha value is -2.04. The summed E-state index contributed by atoms with van der Waals surface area (Å²) in [6, 6.07) is 8.39. The zero-order valence-electron chi connectivity index (χ0n) is 17.2. The summed E-state index contributed by atoms with van der Waals surface area (Å²) >= 11 is 1.91. The van der Waals surface area contributed by atoms with Crippen LogP contribution in [-0.4, -0.2) is 41.0 Å². The summed E-state index contributed by atoms with van der Waals surface area (Å²) in [7, 11) is 0. The lowest BCUT2D eigenvalue weighted by molar-refractivity contribution is -0.149. The van der Waals surface area contributed by atoms with E-state index in [4.69, 9.17) is 14.2 Å². The summed E-state index contributed by atoms with van der Waals surface area (Å²) in [6.45, 7) is 7.18. The van der Waals surface area contributed by atoms with Gasteiger partial charge in [-0.05, 0) is 47.9 Å². The van der Waals surface area contributed by atoms with Gasteiger partial charge >= 0.3 is 18.2 Å². The molecule has 162 valence electrons. The van der Waals surface area contributed by atoms with Crippen LogP contribution in [0.3, 0.4) is 0 Å². The van der Waals surface area contributed by atoms with E-state index in [-0.39, 0.29) is 23.7 Å². The van der Waals surface area contributed by atoms with E-state index in [1.54, 1.807) is 13.8 Å². The second-order valence-electron chi connectivity index (χ2n) is 7.23. The number of nitrogens with one attached hydrogen (secondary N) is 2. The van der Waals surface area contributed by atoms with Crippen molar-refractivity contribution in [3.63, 3.8) is 0 Å². The number of benzene rings is 1. The Balaban J connectivity index is 2.61. The largest absolute Gasteiger partial charge is 0.462 e. The molecule has 0 spiro atoms. The van der Waals surface area contributed by atoms with Gasteiger partial charge < -0.3 is 24.8 Å². The van der Waals surface area contributed by atoms with Gasteiger partial charge in [0.05, 0.1) is 5.54 Å². The van der Waals surface area contributed by atoms with E-state index in [9.17, 15) is 14.4 Å². The summed E-state index contributed by atoms with van der Waals surface area (Å²) in [5.74, 6) is -0.750. The minimum Gasteiger partial charge on any atom is -0.462 e. The average Bonchev–Trinajstić information content (AvgIpc) is 2.68. The first-order chi connectivity index (χ1) is 13.7. The maximum Gasteiger partial charge on any atom is 0.408 e. The lowest BCUT2D eigenvalue weighted by atomic mass is 9.99. The number of hydrogen-bond donors (Lipinski definition) is 2. The fraction of sp³-hybridized carbons (Fsp3) is 0.550. The van der Waals surface area contributed by atoms with Gasteiger partial charge in [-0.2, -0.15) is 0 Å². The number of hydrogen-bond acceptors (Lipinski definition) is 6. The van der Waals surface area contributed by atoms with Crippen LogP contribution >= 0.6 is 22.6 Å². The van der Waals surface area contributed by atoms with Gasteiger partial charge in [-0.25, -0.2) is 14.4 Å². The maximum atomic E-state index is 12.6. The summed E-state index contributed by atoms with van der Waals surface area (Å²) in [5.41, 5.74) is 0.0170. The first-order valence-electron chi connectivity index (χ1n) is 9.33. The van der Waals surface area contributed by atoms with Crippen molar-refractivity contribution in [1.82, 2.24) is 10.6 Å². The van der Waals surface area contributed by atoms with Gasteiger partial charge in [-0.1, -0.05) is 50.6 Å². The fourth-order valence-electron chi connectivity index (χ4n) is 2.30. The molecule has 1 aromatic rings. The average molecular weight is 520 g/mol. The van der Waals surface area contributed by atoms with Crippen LogP contribution in [-0.2, 0) is 25.6 Å². The minimum absolute atomic E-state index is 0.0736. The second kappa shape index (κ2) is 12.5. The molecule has 0 aliphatic heterocycles. The van der Waals surface area contributed by atoms with Crippen LogP contribution in [0.5, 0.6) is 0 Å². The van der Waals surface area contributed by atoms with E-state index < -0.39 is 29.7 Å². The molecule has 2 N–H and O–H groups in total. The molecule has 1 unspecified atom stereocenters. The van der Waals surface area contributed by atoms with Crippen molar-refractivity contribution in [3.05, 3.63) is 35.9 Å². The summed E-state index contributed by atoms with van der Waals surface area (Å²) in [6.07, 6.45) is -0.636. The van der Waals surface area contributed by atoms with Crippen LogP contribution in [0.25, 0.3) is 0 Å². The van der Waals surface area contributed by atoms with Crippen LogP contribution in [0.1, 0.15) is 39.7 Å². The van der Waals surface area contributed by atoms with Crippen molar-refractivity contribution in [2.24, 2.45) is 5.92 Å². The van der Waals surface area contributed by atoms with E-state index in [1.807, 2.05) is 66.8 Å². The normalized spacial score (nSPS) is 13.0. The van der Waals surface area contributed by atoms with Crippen LogP contribution in [0, 0.1) is 5.92 Å². The highest BCUT2D eigenvalue weighted by Gasteiger charge is 2.30. The summed E-state index contributed by atoms with van der Waals surface area (Å²) in [5, 5.41) is 5.21. The van der Waals surface area contributed by atoms with E-state index >= 15 is 0 Å². The van der Waals surface area contributed by atoms with Crippen molar-refractivity contribution >= 4 is 40.7 Å². The number of carbonyl (C=O) groups is 3. The molecule has 2 atom stereocenters. The molecule has 29 heavy (non-hydrogen) atoms. The van der Waals surface area contributed by atoms with E-state index in [1.165, 1.54) is 0 Å². The Bertz CT molecular complexity index is 668. The first kappa shape index (κ1) is 25.0. The lowest BCUT2D eigenvalue weighted by Crippen LogP contribution is -2.50. The number of alkyl carbamates (subject to hydrolysis) is 2. The Kier molecular flexibility index (Phi) is 10.8. The number of rotatable bonds is 10. The molecule has 9 heteroatoms. The van der Waals surface area contributed by atoms with Crippen molar-refractivity contribution in [2.45, 2.75) is 52.3 Å². The SMILES string of the molecule is CCC(C)[C@H](NC(=O)OCc1ccccc1)C(=O)OCC(C)(C)NC(=O)OCI. The van der Waals surface area contributed by atoms with Gasteiger partial charge in [0.25, 0.3) is 0 Å². The Morgan fingerprint density at radius 3 is 2.31 bits per heavy atom. The van der Waals surface area contributed by atoms with Crippen LogP contribution in [0.2, 0.25) is 0 Å². The van der Waals surface area contributed by atoms with Crippen molar-refractivity contribution in [2.75, 3.05) is 11.2 Å². The van der Waals surface area contributed by atoms with Gasteiger partial charge in [0.15, 0.2) is 0 Å². The topological polar surface area (TPSA) is 103 Å². The number of halogens is 1. The smallest absolute Gasteiger partial charge is 0.408 e. The maximum absolute atomic E-state index is 12.6. The molecule has 0 aromatic heterocycles. The fourth-order valence-corrected chi connectivity index (χ4v) is 2.58. The third-order valence-electron chi connectivity index (χ3n) is 4.15. The minimum atomic E-state index is -0.861. The Labute approximate surface area is 185 Å². The molecular weight excluding hydrogens is 491 g/mol. The molecule has 0 radical (unpaired) electrons. The molecule has 1 aromatic carbocycles. The molecule has 0 heterocycles. The van der Waals surface area contributed by atoms with Gasteiger partial charge in [0.1, 0.15) is 23.9 Å². The zero-order chi connectivity index (χ0) is 21.9. The molecule has 8 nitrogen and oxygen atoms in total. The predicted octanol–water partition coefficient (Wildman–Crippen LogP) is 3.77. The van der Waals surface area contributed by atoms with Crippen molar-refractivity contribution < 1.29 is 28.6 Å². The molecule has 0 saturated carbocycles. The van der Waals surface area contributed by atoms with Crippen LogP contribution in [0.15, 0.2) is 30.3 Å². The van der Waals surface area contributed by atoms with Crippen LogP contribution in [0.4, 0.5) is 9.59 Å². The lowest BCUT2D eigenvalue weighted by Gasteiger charge is -2.27. The molecule has 0 saturated heterocycles. The first-order valence-corrected chi connectivity index (χ1v) is 10.9. The van der Waals surface area contributed by atoms with E-state index in [0.29, 0.717) is 6.42 Å². The molecule has 0 fully saturated rings. The Morgan fingerprint density at radius 1 is 1.07 bits per heavy atom. The third-order valence-corrected chi connectivity index (χ3v) is 4.47. The van der Waals surface area contributed by atoms with Gasteiger partial charge in [-0.3, -0.25) is 0 Å². The molecular formula is C20H29IN2O6. The highest BCUT2D eigenvalue weighted by atomic mass is 127. The number of ether oxygens (including phenoxy) is 3. The van der Waals surface area contributed by atoms with E-state index in [0.717, 1.165) is 5.56 Å². The third kappa shape index (κ3) is 9.82. The highest BCUT2D eigenvalue weighted by Crippen LogP contribution is 2.12. The van der Waals surface area contributed by atoms with Gasteiger partial charge in [0.2, 0.25) is 0 Å². The van der Waals surface area contributed by atoms with Gasteiger partial charge in [0, 0.05) is 0 Å². The molecule has 0 aliphatic rings. The highest BCUT2D eigenvalue weighted by molar-refractivity contribution is 14.1. The predicted molar refractivity (Wildman–Crippen MR) is 117 cm³/mol. The number of amides is 2. The van der Waals surface area contributed by atoms with Gasteiger partial charge in [-0.15, -0.1) is 0 Å². The quantitative estimate of drug-likeness (QED) is 0.211. The number of esters is 1. The summed E-state index contributed by atoms with van der Waals surface area (Å²) in [4.78, 5) is 36.3. The van der Waals surface area contributed by atoms with Crippen LogP contribution < -0.4 is 10.6 Å². The zero-order valence-corrected chi connectivity index (χ0v) is 19.4. The molecule has 1 rings (SSSR count). The monoisotopic (exact) mass is 520 g/mol. The van der Waals surface area contributed by atoms with Crippen molar-refractivity contribution in [1.29, 1.82) is 0 Å². The molecule has 2 amide bonds. The standard InChI is InChI=1S/C20H29IN2O6/c1-5-14(2)16(22-18(25)27-11-15-9-7-6-8-10-15)17(24)28-12-20(3,4)23-19(26)29-13-21/h6-10,14,16H,5,11-13H2,1-4H3,(H,22,25)(H,23,26)/t14?,16-/m0/s1. The van der Waals surface area contributed by atoms with Crippen molar-refractivity contribution in [3.8, 4) is 0 Å².